The lowest BCUT2D eigenvalue weighted by molar-refractivity contribution is -0.117. The van der Waals surface area contributed by atoms with E-state index >= 15 is 0 Å². The second-order valence-corrected chi connectivity index (χ2v) is 11.3. The monoisotopic (exact) mass is 614 g/mol. The summed E-state index contributed by atoms with van der Waals surface area (Å²) in [5.74, 6) is 2.97. The first-order valence-electron chi connectivity index (χ1n) is 13.8. The molecule has 1 amide bonds. The molecular formula is C32H35BrN6O2. The van der Waals surface area contributed by atoms with Gasteiger partial charge in [0.15, 0.2) is 0 Å². The van der Waals surface area contributed by atoms with E-state index in [4.69, 9.17) is 15.5 Å². The maximum atomic E-state index is 12.7. The van der Waals surface area contributed by atoms with Gasteiger partial charge in [-0.25, -0.2) is 4.98 Å². The van der Waals surface area contributed by atoms with E-state index in [1.165, 1.54) is 24.0 Å². The number of rotatable bonds is 11. The molecule has 41 heavy (non-hydrogen) atoms. The Hall–Kier alpha value is -3.95. The number of methoxy groups -OCH3 is 1. The molecule has 3 atom stereocenters. The quantitative estimate of drug-likeness (QED) is 0.150. The number of nitrogens with zero attached hydrogens (tertiary/aromatic N) is 2. The van der Waals surface area contributed by atoms with Crippen molar-refractivity contribution in [1.82, 2.24) is 9.97 Å². The molecule has 5 rings (SSSR count). The average Bonchev–Trinajstić information content (AvgIpc) is 2.97. The molecule has 0 radical (unpaired) electrons. The summed E-state index contributed by atoms with van der Waals surface area (Å²) >= 11 is 3.58. The zero-order valence-electron chi connectivity index (χ0n) is 23.2. The molecule has 1 aliphatic carbocycles. The highest BCUT2D eigenvalue weighted by molar-refractivity contribution is 9.10. The van der Waals surface area contributed by atoms with E-state index in [2.05, 4.69) is 55.9 Å². The Morgan fingerprint density at radius 3 is 2.61 bits per heavy atom. The molecule has 1 fully saturated rings. The normalized spacial score (nSPS) is 16.8. The maximum absolute atomic E-state index is 12.7. The van der Waals surface area contributed by atoms with Gasteiger partial charge in [0.25, 0.3) is 0 Å². The Balaban J connectivity index is 1.24. The lowest BCUT2D eigenvalue weighted by Crippen LogP contribution is -2.37. The van der Waals surface area contributed by atoms with Gasteiger partial charge in [0.1, 0.15) is 11.6 Å². The van der Waals surface area contributed by atoms with Crippen molar-refractivity contribution in [3.63, 3.8) is 0 Å². The van der Waals surface area contributed by atoms with Gasteiger partial charge in [0, 0.05) is 24.1 Å². The number of nitrogens with one attached hydrogen (secondary N) is 3. The zero-order chi connectivity index (χ0) is 28.8. The van der Waals surface area contributed by atoms with Crippen molar-refractivity contribution in [1.29, 1.82) is 0 Å². The number of anilines is 4. The highest BCUT2D eigenvalue weighted by atomic mass is 79.9. The standard InChI is InChI=1S/C32H35BrN6O2/c1-20-11-14-26(20)27-17-25(41-2)13-12-22(27)18-35-30-28(33)19-36-32(39-30)38-24-10-6-9-23(16-24)37-31(40)29(34)15-21-7-4-3-5-8-21/h3-10,12-13,16-17,19-20,26,29H,11,14-15,18,34H2,1-2H3,(H,37,40)(H2,35,36,38,39). The van der Waals surface area contributed by atoms with Gasteiger partial charge in [-0.15, -0.1) is 0 Å². The summed E-state index contributed by atoms with van der Waals surface area (Å²) in [5.41, 5.74) is 11.1. The smallest absolute Gasteiger partial charge is 0.241 e. The third-order valence-electron chi connectivity index (χ3n) is 7.58. The molecule has 3 unspecified atom stereocenters. The van der Waals surface area contributed by atoms with Crippen LogP contribution in [0.25, 0.3) is 0 Å². The molecule has 5 N–H and O–H groups in total. The van der Waals surface area contributed by atoms with Gasteiger partial charge in [0.2, 0.25) is 11.9 Å². The van der Waals surface area contributed by atoms with Crippen molar-refractivity contribution in [3.8, 4) is 5.75 Å². The van der Waals surface area contributed by atoms with E-state index in [9.17, 15) is 4.79 Å². The van der Waals surface area contributed by atoms with Gasteiger partial charge in [-0.1, -0.05) is 49.4 Å². The van der Waals surface area contributed by atoms with Gasteiger partial charge in [-0.2, -0.15) is 4.98 Å². The minimum absolute atomic E-state index is 0.244. The molecule has 1 heterocycles. The minimum atomic E-state index is -0.656. The number of ether oxygens (including phenoxy) is 1. The summed E-state index contributed by atoms with van der Waals surface area (Å²) < 4.78 is 6.26. The fourth-order valence-electron chi connectivity index (χ4n) is 5.06. The van der Waals surface area contributed by atoms with E-state index in [-0.39, 0.29) is 5.91 Å². The Kier molecular flexibility index (Phi) is 9.16. The molecule has 9 heteroatoms. The van der Waals surface area contributed by atoms with Gasteiger partial charge in [-0.3, -0.25) is 4.79 Å². The van der Waals surface area contributed by atoms with Gasteiger partial charge in [0.05, 0.1) is 17.6 Å². The number of amides is 1. The van der Waals surface area contributed by atoms with Gasteiger partial charge < -0.3 is 26.4 Å². The number of hydrogen-bond acceptors (Lipinski definition) is 7. The van der Waals surface area contributed by atoms with Crippen molar-refractivity contribution in [2.75, 3.05) is 23.1 Å². The van der Waals surface area contributed by atoms with Crippen LogP contribution in [0.1, 0.15) is 42.4 Å². The predicted octanol–water partition coefficient (Wildman–Crippen LogP) is 6.63. The van der Waals surface area contributed by atoms with E-state index in [0.29, 0.717) is 42.3 Å². The molecule has 4 aromatic rings. The minimum Gasteiger partial charge on any atom is -0.497 e. The number of hydrogen-bond donors (Lipinski definition) is 4. The van der Waals surface area contributed by atoms with E-state index in [1.54, 1.807) is 13.3 Å². The number of carbonyl (C=O) groups excluding carboxylic acids is 1. The molecule has 0 saturated heterocycles. The molecule has 3 aromatic carbocycles. The predicted molar refractivity (Wildman–Crippen MR) is 168 cm³/mol. The van der Waals surface area contributed by atoms with Gasteiger partial charge >= 0.3 is 0 Å². The fourth-order valence-corrected chi connectivity index (χ4v) is 5.40. The molecule has 0 bridgehead atoms. The summed E-state index contributed by atoms with van der Waals surface area (Å²) in [4.78, 5) is 21.8. The molecule has 8 nitrogen and oxygen atoms in total. The van der Waals surface area contributed by atoms with Crippen molar-refractivity contribution in [2.24, 2.45) is 11.7 Å². The van der Waals surface area contributed by atoms with Crippen LogP contribution in [0, 0.1) is 5.92 Å². The number of aromatic nitrogens is 2. The lowest BCUT2D eigenvalue weighted by Gasteiger charge is -2.35. The molecular weight excluding hydrogens is 580 g/mol. The lowest BCUT2D eigenvalue weighted by atomic mass is 9.70. The summed E-state index contributed by atoms with van der Waals surface area (Å²) in [5, 5.41) is 9.62. The maximum Gasteiger partial charge on any atom is 0.241 e. The van der Waals surface area contributed by atoms with Crippen LogP contribution in [0.4, 0.5) is 23.1 Å². The average molecular weight is 616 g/mol. The van der Waals surface area contributed by atoms with E-state index in [0.717, 1.165) is 21.5 Å². The number of halogens is 1. The summed E-state index contributed by atoms with van der Waals surface area (Å²) in [6.07, 6.45) is 4.64. The first-order valence-corrected chi connectivity index (χ1v) is 14.6. The highest BCUT2D eigenvalue weighted by Gasteiger charge is 2.30. The van der Waals surface area contributed by atoms with Crippen molar-refractivity contribution in [2.45, 2.75) is 44.7 Å². The Labute approximate surface area is 249 Å². The van der Waals surface area contributed by atoms with Crippen LogP contribution in [0.2, 0.25) is 0 Å². The Morgan fingerprint density at radius 1 is 1.07 bits per heavy atom. The first-order chi connectivity index (χ1) is 19.9. The van der Waals surface area contributed by atoms with Gasteiger partial charge in [-0.05, 0) is 94.1 Å². The third kappa shape index (κ3) is 7.23. The van der Waals surface area contributed by atoms with Crippen LogP contribution in [0.3, 0.4) is 0 Å². The van der Waals surface area contributed by atoms with Crippen molar-refractivity contribution in [3.05, 3.63) is 100 Å². The second kappa shape index (κ2) is 13.1. The topological polar surface area (TPSA) is 114 Å². The van der Waals surface area contributed by atoms with Crippen molar-refractivity contribution >= 4 is 45.0 Å². The summed E-state index contributed by atoms with van der Waals surface area (Å²) in [6, 6.07) is 22.8. The second-order valence-electron chi connectivity index (χ2n) is 10.5. The largest absolute Gasteiger partial charge is 0.497 e. The molecule has 1 aliphatic rings. The molecule has 0 aliphatic heterocycles. The fraction of sp³-hybridized carbons (Fsp3) is 0.281. The molecule has 1 aromatic heterocycles. The van der Waals surface area contributed by atoms with E-state index in [1.807, 2.05) is 60.7 Å². The summed E-state index contributed by atoms with van der Waals surface area (Å²) in [7, 11) is 1.71. The van der Waals surface area contributed by atoms with E-state index < -0.39 is 6.04 Å². The number of carbonyl (C=O) groups is 1. The number of benzene rings is 3. The van der Waals surface area contributed by atoms with Crippen LogP contribution in [-0.4, -0.2) is 29.0 Å². The Bertz CT molecular complexity index is 1500. The third-order valence-corrected chi connectivity index (χ3v) is 8.16. The van der Waals surface area contributed by atoms with Crippen LogP contribution in [-0.2, 0) is 17.8 Å². The SMILES string of the molecule is COc1ccc(CNc2nc(Nc3cccc(NC(=O)C(N)Cc4ccccc4)c3)ncc2Br)c(C2CCC2C)c1. The number of nitrogens with two attached hydrogens (primary N) is 1. The molecule has 1 saturated carbocycles. The van der Waals surface area contributed by atoms with Crippen LogP contribution in [0.15, 0.2) is 83.5 Å². The highest BCUT2D eigenvalue weighted by Crippen LogP contribution is 2.44. The zero-order valence-corrected chi connectivity index (χ0v) is 24.8. The molecule has 0 spiro atoms. The van der Waals surface area contributed by atoms with Crippen molar-refractivity contribution < 1.29 is 9.53 Å². The first kappa shape index (κ1) is 28.6. The summed E-state index contributed by atoms with van der Waals surface area (Å²) in [6.45, 7) is 2.94. The molecule has 212 valence electrons. The van der Waals surface area contributed by atoms with Crippen LogP contribution in [0.5, 0.6) is 5.75 Å². The Morgan fingerprint density at radius 2 is 1.88 bits per heavy atom. The van der Waals surface area contributed by atoms with Crippen LogP contribution < -0.4 is 26.4 Å². The van der Waals surface area contributed by atoms with Crippen LogP contribution >= 0.6 is 15.9 Å².